The first kappa shape index (κ1) is 17.2. The molecule has 8 heteroatoms. The SMILES string of the molecule is CCN(Cc1nnc(C)o1)[C@H]1CN(C(=O)c2cccn2C2CC2)C[C@H]1O. The number of β-amino-alcohol motifs (C(OH)–C–C–N with tert-alkyl or cyclic N) is 1. The van der Waals surface area contributed by atoms with Gasteiger partial charge < -0.3 is 19.0 Å². The van der Waals surface area contributed by atoms with Crippen LogP contribution in [0.1, 0.15) is 48.1 Å². The molecule has 140 valence electrons. The van der Waals surface area contributed by atoms with Crippen LogP contribution in [0.15, 0.2) is 22.7 Å². The number of carbonyl (C=O) groups excluding carboxylic acids is 1. The molecule has 0 radical (unpaired) electrons. The minimum atomic E-state index is -0.591. The van der Waals surface area contributed by atoms with E-state index in [1.165, 1.54) is 0 Å². The smallest absolute Gasteiger partial charge is 0.270 e. The van der Waals surface area contributed by atoms with Crippen molar-refractivity contribution in [2.45, 2.75) is 51.4 Å². The van der Waals surface area contributed by atoms with Crippen LogP contribution in [0, 0.1) is 6.92 Å². The summed E-state index contributed by atoms with van der Waals surface area (Å²) in [4.78, 5) is 16.8. The van der Waals surface area contributed by atoms with Crippen LogP contribution < -0.4 is 0 Å². The van der Waals surface area contributed by atoms with Crippen molar-refractivity contribution in [3.8, 4) is 0 Å². The number of amides is 1. The Labute approximate surface area is 152 Å². The lowest BCUT2D eigenvalue weighted by atomic mass is 10.2. The molecule has 1 N–H and O–H groups in total. The molecule has 3 heterocycles. The molecule has 2 aromatic rings. The molecule has 1 aliphatic carbocycles. The molecule has 2 aromatic heterocycles. The number of carbonyl (C=O) groups is 1. The Bertz CT molecular complexity index is 781. The fourth-order valence-electron chi connectivity index (χ4n) is 3.74. The van der Waals surface area contributed by atoms with Crippen LogP contribution >= 0.6 is 0 Å². The van der Waals surface area contributed by atoms with Crippen LogP contribution in [0.3, 0.4) is 0 Å². The van der Waals surface area contributed by atoms with Crippen LogP contribution in [-0.4, -0.2) is 67.4 Å². The van der Waals surface area contributed by atoms with Gasteiger partial charge in [-0.15, -0.1) is 10.2 Å². The quantitative estimate of drug-likeness (QED) is 0.834. The lowest BCUT2D eigenvalue weighted by molar-refractivity contribution is 0.0738. The number of hydrogen-bond acceptors (Lipinski definition) is 6. The molecule has 1 aliphatic heterocycles. The number of likely N-dealkylation sites (tertiary alicyclic amines) is 1. The average Bonchev–Trinajstić information content (AvgIpc) is 3.03. The summed E-state index contributed by atoms with van der Waals surface area (Å²) in [6.45, 7) is 5.82. The zero-order valence-corrected chi connectivity index (χ0v) is 15.2. The summed E-state index contributed by atoms with van der Waals surface area (Å²) in [5.41, 5.74) is 0.718. The normalized spacial score (nSPS) is 23.2. The van der Waals surface area contributed by atoms with Crippen LogP contribution in [-0.2, 0) is 6.54 Å². The van der Waals surface area contributed by atoms with Gasteiger partial charge in [-0.25, -0.2) is 0 Å². The van der Waals surface area contributed by atoms with Gasteiger partial charge in [0.1, 0.15) is 5.69 Å². The Morgan fingerprint density at radius 2 is 2.19 bits per heavy atom. The van der Waals surface area contributed by atoms with E-state index in [1.54, 1.807) is 11.8 Å². The minimum Gasteiger partial charge on any atom is -0.424 e. The molecule has 1 saturated heterocycles. The summed E-state index contributed by atoms with van der Waals surface area (Å²) in [7, 11) is 0. The summed E-state index contributed by atoms with van der Waals surface area (Å²) in [5.74, 6) is 1.05. The molecule has 0 bridgehead atoms. The Kier molecular flexibility index (Phi) is 4.54. The van der Waals surface area contributed by atoms with Gasteiger partial charge in [0, 0.05) is 32.3 Å². The van der Waals surface area contributed by atoms with Gasteiger partial charge in [-0.3, -0.25) is 9.69 Å². The highest BCUT2D eigenvalue weighted by atomic mass is 16.4. The van der Waals surface area contributed by atoms with E-state index in [4.69, 9.17) is 4.42 Å². The van der Waals surface area contributed by atoms with E-state index in [2.05, 4.69) is 19.7 Å². The van der Waals surface area contributed by atoms with Gasteiger partial charge in [0.05, 0.1) is 18.7 Å². The summed E-state index contributed by atoms with van der Waals surface area (Å²) in [5, 5.41) is 18.5. The van der Waals surface area contributed by atoms with Gasteiger partial charge in [0.25, 0.3) is 5.91 Å². The molecule has 4 rings (SSSR count). The van der Waals surface area contributed by atoms with Gasteiger partial charge in [-0.1, -0.05) is 6.92 Å². The monoisotopic (exact) mass is 359 g/mol. The molecule has 2 atom stereocenters. The number of aliphatic hydroxyl groups excluding tert-OH is 1. The van der Waals surface area contributed by atoms with E-state index in [0.717, 1.165) is 25.1 Å². The molecule has 2 fully saturated rings. The van der Waals surface area contributed by atoms with Crippen molar-refractivity contribution in [2.75, 3.05) is 19.6 Å². The lowest BCUT2D eigenvalue weighted by Crippen LogP contribution is -2.43. The second-order valence-electron chi connectivity index (χ2n) is 7.15. The first-order valence-corrected chi connectivity index (χ1v) is 9.24. The number of aromatic nitrogens is 3. The second kappa shape index (κ2) is 6.85. The van der Waals surface area contributed by atoms with Crippen LogP contribution in [0.25, 0.3) is 0 Å². The molecular weight excluding hydrogens is 334 g/mol. The maximum Gasteiger partial charge on any atom is 0.270 e. The topological polar surface area (TPSA) is 87.6 Å². The highest BCUT2D eigenvalue weighted by Gasteiger charge is 2.39. The van der Waals surface area contributed by atoms with Crippen molar-refractivity contribution in [3.05, 3.63) is 35.8 Å². The van der Waals surface area contributed by atoms with E-state index < -0.39 is 6.10 Å². The molecule has 8 nitrogen and oxygen atoms in total. The molecule has 1 saturated carbocycles. The number of likely N-dealkylation sites (N-methyl/N-ethyl adjacent to an activating group) is 1. The number of rotatable bonds is 6. The second-order valence-corrected chi connectivity index (χ2v) is 7.15. The summed E-state index contributed by atoms with van der Waals surface area (Å²) in [6, 6.07) is 4.12. The summed E-state index contributed by atoms with van der Waals surface area (Å²) >= 11 is 0. The third-order valence-electron chi connectivity index (χ3n) is 5.27. The van der Waals surface area contributed by atoms with E-state index in [-0.39, 0.29) is 11.9 Å². The molecule has 1 amide bonds. The highest BCUT2D eigenvalue weighted by molar-refractivity contribution is 5.93. The number of aryl methyl sites for hydroxylation is 1. The third kappa shape index (κ3) is 3.26. The first-order chi connectivity index (χ1) is 12.6. The van der Waals surface area contributed by atoms with Crippen LogP contribution in [0.4, 0.5) is 0 Å². The van der Waals surface area contributed by atoms with Gasteiger partial charge in [0.2, 0.25) is 11.8 Å². The first-order valence-electron chi connectivity index (χ1n) is 9.24. The predicted octanol–water partition coefficient (Wildman–Crippen LogP) is 1.22. The van der Waals surface area contributed by atoms with Crippen molar-refractivity contribution in [3.63, 3.8) is 0 Å². The van der Waals surface area contributed by atoms with Crippen molar-refractivity contribution in [1.29, 1.82) is 0 Å². The maximum absolute atomic E-state index is 13.0. The van der Waals surface area contributed by atoms with Crippen molar-refractivity contribution >= 4 is 5.91 Å². The zero-order chi connectivity index (χ0) is 18.3. The lowest BCUT2D eigenvalue weighted by Gasteiger charge is -2.27. The highest BCUT2D eigenvalue weighted by Crippen LogP contribution is 2.36. The molecule has 26 heavy (non-hydrogen) atoms. The molecule has 0 spiro atoms. The van der Waals surface area contributed by atoms with E-state index in [9.17, 15) is 9.90 Å². The number of hydrogen-bond donors (Lipinski definition) is 1. The standard InChI is InChI=1S/C18H25N5O3/c1-3-21(11-17-20-19-12(2)26-17)15-9-22(10-16(15)24)18(25)14-5-4-8-23(14)13-6-7-13/h4-5,8,13,15-16,24H,3,6-7,9-11H2,1-2H3/t15-,16+/m0/s1. The summed E-state index contributed by atoms with van der Waals surface area (Å²) < 4.78 is 7.53. The van der Waals surface area contributed by atoms with E-state index >= 15 is 0 Å². The minimum absolute atomic E-state index is 0.00635. The van der Waals surface area contributed by atoms with Crippen LogP contribution in [0.2, 0.25) is 0 Å². The van der Waals surface area contributed by atoms with E-state index in [0.29, 0.717) is 37.5 Å². The number of nitrogens with zero attached hydrogens (tertiary/aromatic N) is 5. The molecule has 0 unspecified atom stereocenters. The van der Waals surface area contributed by atoms with Gasteiger partial charge in [0.15, 0.2) is 0 Å². The third-order valence-corrected chi connectivity index (χ3v) is 5.27. The predicted molar refractivity (Wildman–Crippen MR) is 93.5 cm³/mol. The summed E-state index contributed by atoms with van der Waals surface area (Å²) in [6.07, 6.45) is 3.65. The Morgan fingerprint density at radius 1 is 1.38 bits per heavy atom. The fourth-order valence-corrected chi connectivity index (χ4v) is 3.74. The van der Waals surface area contributed by atoms with Gasteiger partial charge >= 0.3 is 0 Å². The maximum atomic E-state index is 13.0. The Hall–Kier alpha value is -2.19. The van der Waals surface area contributed by atoms with Crippen molar-refractivity contribution in [1.82, 2.24) is 24.6 Å². The molecule has 0 aromatic carbocycles. The van der Waals surface area contributed by atoms with Gasteiger partial charge in [-0.05, 0) is 31.5 Å². The molecule has 2 aliphatic rings. The van der Waals surface area contributed by atoms with Crippen molar-refractivity contribution < 1.29 is 14.3 Å². The Balaban J connectivity index is 1.46. The number of aliphatic hydroxyl groups is 1. The Morgan fingerprint density at radius 3 is 2.85 bits per heavy atom. The molecular formula is C18H25N5O3. The average molecular weight is 359 g/mol. The van der Waals surface area contributed by atoms with Crippen LogP contribution in [0.5, 0.6) is 0 Å². The van der Waals surface area contributed by atoms with Gasteiger partial charge in [-0.2, -0.15) is 0 Å². The largest absolute Gasteiger partial charge is 0.424 e. The zero-order valence-electron chi connectivity index (χ0n) is 15.2. The fraction of sp³-hybridized carbons (Fsp3) is 0.611. The van der Waals surface area contributed by atoms with E-state index in [1.807, 2.05) is 25.3 Å². The van der Waals surface area contributed by atoms with Crippen molar-refractivity contribution in [2.24, 2.45) is 0 Å².